The summed E-state index contributed by atoms with van der Waals surface area (Å²) in [5.74, 6) is 0.906. The maximum Gasteiger partial charge on any atom is 0.241 e. The van der Waals surface area contributed by atoms with Gasteiger partial charge in [-0.25, -0.2) is 10.9 Å². The summed E-state index contributed by atoms with van der Waals surface area (Å²) in [6, 6.07) is -0.316. The zero-order valence-electron chi connectivity index (χ0n) is 8.13. The molecule has 13 heavy (non-hydrogen) atoms. The van der Waals surface area contributed by atoms with Crippen LogP contribution in [-0.2, 0) is 4.79 Å². The molecule has 1 atom stereocenters. The first-order valence-electron chi connectivity index (χ1n) is 3.99. The maximum absolute atomic E-state index is 11.0. The van der Waals surface area contributed by atoms with E-state index in [1.165, 1.54) is 0 Å². The lowest BCUT2D eigenvalue weighted by Gasteiger charge is -2.26. The van der Waals surface area contributed by atoms with Gasteiger partial charge in [-0.1, -0.05) is 0 Å². The van der Waals surface area contributed by atoms with Gasteiger partial charge in [0, 0.05) is 14.1 Å². The Bertz CT molecular complexity index is 155. The van der Waals surface area contributed by atoms with E-state index in [-0.39, 0.29) is 11.3 Å². The Labute approximate surface area is 88.3 Å². The van der Waals surface area contributed by atoms with Crippen molar-refractivity contribution in [1.29, 1.82) is 0 Å². The van der Waals surface area contributed by atoms with Gasteiger partial charge in [0.1, 0.15) is 6.04 Å². The number of hydrogen-bond donors (Lipinski definition) is 2. The molecule has 6 heteroatoms. The van der Waals surface area contributed by atoms with Crippen molar-refractivity contribution < 1.29 is 4.79 Å². The van der Waals surface area contributed by atoms with Gasteiger partial charge in [0.05, 0.1) is 0 Å². The molecule has 0 aromatic heterocycles. The molecule has 0 radical (unpaired) electrons. The lowest BCUT2D eigenvalue weighted by molar-refractivity contribution is -0.119. The van der Waals surface area contributed by atoms with Gasteiger partial charge in [-0.05, 0) is 30.0 Å². The zero-order valence-corrected chi connectivity index (χ0v) is 9.71. The lowest BCUT2D eigenvalue weighted by Crippen LogP contribution is -2.53. The van der Waals surface area contributed by atoms with Gasteiger partial charge in [0.25, 0.3) is 0 Å². The van der Waals surface area contributed by atoms with Crippen molar-refractivity contribution in [3.63, 3.8) is 0 Å². The number of thioether (sulfide) groups is 1. The van der Waals surface area contributed by atoms with Gasteiger partial charge < -0.3 is 0 Å². The molecule has 0 bridgehead atoms. The maximum atomic E-state index is 11.0. The van der Waals surface area contributed by atoms with Crippen molar-refractivity contribution >= 4 is 28.6 Å². The van der Waals surface area contributed by atoms with Crippen LogP contribution in [-0.4, -0.2) is 42.5 Å². The monoisotopic (exact) mass is 225 g/mol. The Morgan fingerprint density at radius 3 is 2.38 bits per heavy atom. The molecule has 2 N–H and O–H groups in total. The van der Waals surface area contributed by atoms with Crippen LogP contribution in [0.1, 0.15) is 6.42 Å². The summed E-state index contributed by atoms with van der Waals surface area (Å²) < 4.78 is 0. The summed E-state index contributed by atoms with van der Waals surface area (Å²) >= 11 is 7.15. The number of nitrogens with zero attached hydrogens (tertiary/aromatic N) is 1. The van der Waals surface area contributed by atoms with E-state index in [4.69, 9.17) is 11.6 Å². The third-order valence-corrected chi connectivity index (χ3v) is 2.55. The van der Waals surface area contributed by atoms with Gasteiger partial charge in [-0.3, -0.25) is 4.79 Å². The minimum atomic E-state index is -0.349. The van der Waals surface area contributed by atoms with Gasteiger partial charge >= 0.3 is 0 Å². The fourth-order valence-corrected chi connectivity index (χ4v) is 1.66. The van der Waals surface area contributed by atoms with Crippen LogP contribution in [0.2, 0.25) is 0 Å². The molecule has 0 rings (SSSR count). The van der Waals surface area contributed by atoms with Gasteiger partial charge in [-0.2, -0.15) is 16.9 Å². The topological polar surface area (TPSA) is 44.4 Å². The highest BCUT2D eigenvalue weighted by Gasteiger charge is 2.21. The molecule has 0 saturated heterocycles. The van der Waals surface area contributed by atoms with Crippen LogP contribution in [0, 0.1) is 0 Å². The molecule has 0 aliphatic rings. The second-order valence-corrected chi connectivity index (χ2v) is 3.78. The van der Waals surface area contributed by atoms with Crippen LogP contribution in [0.4, 0.5) is 0 Å². The molecular formula is C7H16ClN3OS. The fourth-order valence-electron chi connectivity index (χ4n) is 0.997. The van der Waals surface area contributed by atoms with Crippen molar-refractivity contribution in [2.24, 2.45) is 0 Å². The first-order valence-corrected chi connectivity index (χ1v) is 5.76. The zero-order chi connectivity index (χ0) is 10.3. The van der Waals surface area contributed by atoms with E-state index < -0.39 is 0 Å². The fraction of sp³-hybridized carbons (Fsp3) is 0.857. The van der Waals surface area contributed by atoms with Crippen molar-refractivity contribution in [3.8, 4) is 0 Å². The summed E-state index contributed by atoms with van der Waals surface area (Å²) in [6.45, 7) is 0. The van der Waals surface area contributed by atoms with Crippen LogP contribution in [0.3, 0.4) is 0 Å². The number of hydrogen-bond acceptors (Lipinski definition) is 5. The number of carbonyl (C=O) groups excluding carboxylic acids is 1. The average molecular weight is 226 g/mol. The highest BCUT2D eigenvalue weighted by atomic mass is 35.5. The third kappa shape index (κ3) is 4.83. The number of rotatable bonds is 7. The summed E-state index contributed by atoms with van der Waals surface area (Å²) in [6.07, 6.45) is 2.73. The molecule has 0 heterocycles. The molecule has 0 saturated carbocycles. The number of halogens is 1. The minimum absolute atomic E-state index is 0.316. The van der Waals surface area contributed by atoms with Crippen molar-refractivity contribution in [3.05, 3.63) is 0 Å². The van der Waals surface area contributed by atoms with E-state index >= 15 is 0 Å². The molecule has 4 nitrogen and oxygen atoms in total. The molecule has 0 aliphatic carbocycles. The van der Waals surface area contributed by atoms with E-state index in [9.17, 15) is 4.79 Å². The van der Waals surface area contributed by atoms with Crippen molar-refractivity contribution in [2.75, 3.05) is 26.1 Å². The molecule has 78 valence electrons. The van der Waals surface area contributed by atoms with Gasteiger partial charge in [-0.15, -0.1) is 0 Å². The quantitative estimate of drug-likeness (QED) is 0.487. The summed E-state index contributed by atoms with van der Waals surface area (Å²) in [7, 11) is 3.48. The Kier molecular flexibility index (Phi) is 7.69. The molecule has 0 aromatic rings. The SMILES string of the molecule is CNN(NC)[C@@H](CCSC)C(=O)Cl. The highest BCUT2D eigenvalue weighted by Crippen LogP contribution is 2.07. The number of nitrogens with one attached hydrogen (secondary N) is 2. The van der Waals surface area contributed by atoms with Crippen molar-refractivity contribution in [1.82, 2.24) is 16.0 Å². The molecule has 0 unspecified atom stereocenters. The van der Waals surface area contributed by atoms with E-state index in [1.807, 2.05) is 6.26 Å². The predicted octanol–water partition coefficient (Wildman–Crippen LogP) is 0.444. The second kappa shape index (κ2) is 7.58. The van der Waals surface area contributed by atoms with E-state index in [0.717, 1.165) is 12.2 Å². The van der Waals surface area contributed by atoms with E-state index in [0.29, 0.717) is 0 Å². The Balaban J connectivity index is 4.12. The lowest BCUT2D eigenvalue weighted by atomic mass is 10.2. The summed E-state index contributed by atoms with van der Waals surface area (Å²) in [5.41, 5.74) is 5.70. The normalized spacial score (nSPS) is 13.3. The number of carbonyl (C=O) groups is 1. The molecule has 0 spiro atoms. The largest absolute Gasteiger partial charge is 0.279 e. The summed E-state index contributed by atoms with van der Waals surface area (Å²) in [5, 5.41) is 1.25. The third-order valence-electron chi connectivity index (χ3n) is 1.65. The van der Waals surface area contributed by atoms with Gasteiger partial charge in [0.15, 0.2) is 0 Å². The molecule has 0 aromatic carbocycles. The smallest absolute Gasteiger partial charge is 0.241 e. The predicted molar refractivity (Wildman–Crippen MR) is 57.6 cm³/mol. The number of hydrazine groups is 2. The molecule has 0 amide bonds. The molecule has 0 fully saturated rings. The van der Waals surface area contributed by atoms with Crippen LogP contribution in [0.5, 0.6) is 0 Å². The van der Waals surface area contributed by atoms with Gasteiger partial charge in [0.2, 0.25) is 5.24 Å². The van der Waals surface area contributed by atoms with Crippen LogP contribution in [0.25, 0.3) is 0 Å². The van der Waals surface area contributed by atoms with Crippen LogP contribution in [0.15, 0.2) is 0 Å². The van der Waals surface area contributed by atoms with Crippen molar-refractivity contribution in [2.45, 2.75) is 12.5 Å². The van der Waals surface area contributed by atoms with Crippen LogP contribution >= 0.6 is 23.4 Å². The first kappa shape index (κ1) is 13.2. The second-order valence-electron chi connectivity index (χ2n) is 2.42. The van der Waals surface area contributed by atoms with E-state index in [1.54, 1.807) is 31.0 Å². The minimum Gasteiger partial charge on any atom is -0.279 e. The standard InChI is InChI=1S/C7H16ClN3OS/c1-9-11(10-2)6(7(8)12)4-5-13-3/h6,9-10H,4-5H2,1-3H3/t6-/m0/s1. The summed E-state index contributed by atoms with van der Waals surface area (Å²) in [4.78, 5) is 11.0. The first-order chi connectivity index (χ1) is 6.17. The van der Waals surface area contributed by atoms with Crippen LogP contribution < -0.4 is 10.9 Å². The Morgan fingerprint density at radius 1 is 1.54 bits per heavy atom. The Morgan fingerprint density at radius 2 is 2.08 bits per heavy atom. The highest BCUT2D eigenvalue weighted by molar-refractivity contribution is 7.98. The Hall–Kier alpha value is 0.190. The molecular weight excluding hydrogens is 210 g/mol. The van der Waals surface area contributed by atoms with E-state index in [2.05, 4.69) is 10.9 Å². The molecule has 0 aliphatic heterocycles. The average Bonchev–Trinajstić information content (AvgIpc) is 2.11.